The van der Waals surface area contributed by atoms with E-state index in [-0.39, 0.29) is 30.9 Å². The van der Waals surface area contributed by atoms with Gasteiger partial charge in [-0.15, -0.1) is 24.2 Å². The van der Waals surface area contributed by atoms with E-state index >= 15 is 0 Å². The van der Waals surface area contributed by atoms with Crippen LogP contribution in [0.2, 0.25) is 0 Å². The molecule has 106 valence electrons. The maximum atomic E-state index is 11.7. The first-order valence-corrected chi connectivity index (χ1v) is 7.16. The molecule has 1 amide bonds. The molecule has 19 heavy (non-hydrogen) atoms. The molecule has 1 saturated heterocycles. The van der Waals surface area contributed by atoms with Gasteiger partial charge >= 0.3 is 0 Å². The van der Waals surface area contributed by atoms with Crippen molar-refractivity contribution < 1.29 is 9.90 Å². The molecular weight excluding hydrogens is 284 g/mol. The highest BCUT2D eigenvalue weighted by Gasteiger charge is 2.22. The number of carbonyl (C=O) groups is 1. The highest BCUT2D eigenvalue weighted by Crippen LogP contribution is 2.13. The minimum absolute atomic E-state index is 0. The maximum absolute atomic E-state index is 11.7. The molecule has 0 aliphatic carbocycles. The van der Waals surface area contributed by atoms with Crippen LogP contribution in [0.1, 0.15) is 17.2 Å². The van der Waals surface area contributed by atoms with Crippen molar-refractivity contribution in [2.45, 2.75) is 19.1 Å². The Balaban J connectivity index is 0.00000180. The van der Waals surface area contributed by atoms with Gasteiger partial charge in [0.15, 0.2) is 0 Å². The Morgan fingerprint density at radius 1 is 1.53 bits per heavy atom. The van der Waals surface area contributed by atoms with Crippen molar-refractivity contribution in [3.8, 4) is 0 Å². The van der Waals surface area contributed by atoms with Crippen LogP contribution in [0.15, 0.2) is 24.3 Å². The second-order valence-electron chi connectivity index (χ2n) is 4.44. The topological polar surface area (TPSA) is 61.4 Å². The highest BCUT2D eigenvalue weighted by molar-refractivity contribution is 7.99. The molecule has 0 spiro atoms. The Labute approximate surface area is 123 Å². The molecule has 6 heteroatoms. The number of amides is 1. The molecule has 0 radical (unpaired) electrons. The van der Waals surface area contributed by atoms with Gasteiger partial charge in [0, 0.05) is 18.2 Å². The van der Waals surface area contributed by atoms with Crippen LogP contribution in [0.4, 0.5) is 0 Å². The third kappa shape index (κ3) is 4.69. The van der Waals surface area contributed by atoms with Crippen molar-refractivity contribution in [1.29, 1.82) is 0 Å². The largest absolute Gasteiger partial charge is 0.387 e. The van der Waals surface area contributed by atoms with Gasteiger partial charge in [-0.3, -0.25) is 10.1 Å². The molecular formula is C13H19ClN2O2S. The molecule has 2 atom stereocenters. The number of hydrogen-bond donors (Lipinski definition) is 3. The zero-order valence-corrected chi connectivity index (χ0v) is 12.4. The molecule has 1 heterocycles. The zero-order valence-electron chi connectivity index (χ0n) is 10.8. The Kier molecular flexibility index (Phi) is 6.65. The lowest BCUT2D eigenvalue weighted by Gasteiger charge is -2.15. The number of thioether (sulfide) groups is 1. The first kappa shape index (κ1) is 16.3. The molecule has 1 aromatic carbocycles. The second kappa shape index (κ2) is 7.75. The van der Waals surface area contributed by atoms with Crippen LogP contribution >= 0.6 is 24.2 Å². The number of halogens is 1. The quantitative estimate of drug-likeness (QED) is 0.783. The number of nitrogens with one attached hydrogen (secondary N) is 2. The number of hydrogen-bond acceptors (Lipinski definition) is 4. The van der Waals surface area contributed by atoms with Gasteiger partial charge < -0.3 is 10.4 Å². The fourth-order valence-corrected chi connectivity index (χ4v) is 2.73. The predicted molar refractivity (Wildman–Crippen MR) is 80.6 cm³/mol. The average Bonchev–Trinajstić information content (AvgIpc) is 2.90. The molecule has 0 aromatic heterocycles. The summed E-state index contributed by atoms with van der Waals surface area (Å²) in [7, 11) is 0. The van der Waals surface area contributed by atoms with Gasteiger partial charge in [0.1, 0.15) is 0 Å². The first-order chi connectivity index (χ1) is 8.66. The standard InChI is InChI=1S/C13H18N2O2S.ClH/c1-9-2-4-10(5-3-9)12(16)6-14-13(17)11-7-18-8-15-11;/h2-5,11-12,15-16H,6-8H2,1H3,(H,14,17);1H. The molecule has 0 bridgehead atoms. The van der Waals surface area contributed by atoms with Gasteiger partial charge in [0.2, 0.25) is 5.91 Å². The van der Waals surface area contributed by atoms with E-state index in [2.05, 4.69) is 10.6 Å². The van der Waals surface area contributed by atoms with Gasteiger partial charge in [-0.25, -0.2) is 0 Å². The van der Waals surface area contributed by atoms with Crippen molar-refractivity contribution in [3.63, 3.8) is 0 Å². The van der Waals surface area contributed by atoms with Gasteiger partial charge in [-0.2, -0.15) is 0 Å². The molecule has 1 fully saturated rings. The van der Waals surface area contributed by atoms with Crippen LogP contribution in [0.3, 0.4) is 0 Å². The van der Waals surface area contributed by atoms with Crippen LogP contribution < -0.4 is 10.6 Å². The third-order valence-corrected chi connectivity index (χ3v) is 3.90. The van der Waals surface area contributed by atoms with E-state index < -0.39 is 6.10 Å². The molecule has 3 N–H and O–H groups in total. The zero-order chi connectivity index (χ0) is 13.0. The van der Waals surface area contributed by atoms with Gasteiger partial charge in [-0.1, -0.05) is 29.8 Å². The van der Waals surface area contributed by atoms with Crippen LogP contribution in [0.5, 0.6) is 0 Å². The molecule has 2 unspecified atom stereocenters. The number of aliphatic hydroxyl groups excluding tert-OH is 1. The minimum Gasteiger partial charge on any atom is -0.387 e. The van der Waals surface area contributed by atoms with Crippen molar-refractivity contribution >= 4 is 30.1 Å². The summed E-state index contributed by atoms with van der Waals surface area (Å²) in [6.07, 6.45) is -0.649. The van der Waals surface area contributed by atoms with Crippen LogP contribution in [-0.2, 0) is 4.79 Å². The summed E-state index contributed by atoms with van der Waals surface area (Å²) in [6, 6.07) is 7.55. The molecule has 1 aromatic rings. The smallest absolute Gasteiger partial charge is 0.238 e. The van der Waals surface area contributed by atoms with Gasteiger partial charge in [0.25, 0.3) is 0 Å². The SMILES string of the molecule is Cc1ccc(C(O)CNC(=O)C2CSCN2)cc1.Cl. The molecule has 0 saturated carbocycles. The van der Waals surface area contributed by atoms with Gasteiger partial charge in [0.05, 0.1) is 12.1 Å². The summed E-state index contributed by atoms with van der Waals surface area (Å²) in [5.74, 6) is 1.58. The maximum Gasteiger partial charge on any atom is 0.238 e. The molecule has 2 rings (SSSR count). The Morgan fingerprint density at radius 2 is 2.21 bits per heavy atom. The van der Waals surface area contributed by atoms with Crippen LogP contribution in [0, 0.1) is 6.92 Å². The fourth-order valence-electron chi connectivity index (χ4n) is 1.79. The van der Waals surface area contributed by atoms with Crippen LogP contribution in [-0.4, -0.2) is 35.2 Å². The van der Waals surface area contributed by atoms with E-state index in [0.29, 0.717) is 0 Å². The number of carbonyl (C=O) groups excluding carboxylic acids is 1. The minimum atomic E-state index is -0.649. The lowest BCUT2D eigenvalue weighted by molar-refractivity contribution is -0.122. The van der Waals surface area contributed by atoms with Crippen molar-refractivity contribution in [2.75, 3.05) is 18.2 Å². The molecule has 1 aliphatic heterocycles. The van der Waals surface area contributed by atoms with E-state index in [1.165, 1.54) is 0 Å². The Hall–Kier alpha value is -0.750. The van der Waals surface area contributed by atoms with Crippen LogP contribution in [0.25, 0.3) is 0 Å². The van der Waals surface area contributed by atoms with Crippen molar-refractivity contribution in [1.82, 2.24) is 10.6 Å². The van der Waals surface area contributed by atoms with Crippen molar-refractivity contribution in [2.24, 2.45) is 0 Å². The number of aliphatic hydroxyl groups is 1. The number of aryl methyl sites for hydroxylation is 1. The predicted octanol–water partition coefficient (Wildman–Crippen LogP) is 1.23. The summed E-state index contributed by atoms with van der Waals surface area (Å²) in [6.45, 7) is 2.26. The summed E-state index contributed by atoms with van der Waals surface area (Å²) in [4.78, 5) is 11.7. The monoisotopic (exact) mass is 302 g/mol. The number of benzene rings is 1. The first-order valence-electron chi connectivity index (χ1n) is 6.00. The Morgan fingerprint density at radius 3 is 2.79 bits per heavy atom. The number of rotatable bonds is 4. The lowest BCUT2D eigenvalue weighted by Crippen LogP contribution is -2.43. The normalized spacial score (nSPS) is 19.6. The van der Waals surface area contributed by atoms with E-state index in [4.69, 9.17) is 0 Å². The van der Waals surface area contributed by atoms with Gasteiger partial charge in [-0.05, 0) is 12.5 Å². The molecule has 4 nitrogen and oxygen atoms in total. The lowest BCUT2D eigenvalue weighted by atomic mass is 10.1. The molecule has 1 aliphatic rings. The van der Waals surface area contributed by atoms with E-state index in [1.54, 1.807) is 11.8 Å². The summed E-state index contributed by atoms with van der Waals surface area (Å²) >= 11 is 1.71. The third-order valence-electron chi connectivity index (χ3n) is 2.96. The highest BCUT2D eigenvalue weighted by atomic mass is 35.5. The van der Waals surface area contributed by atoms with E-state index in [1.807, 2.05) is 31.2 Å². The fraction of sp³-hybridized carbons (Fsp3) is 0.462. The van der Waals surface area contributed by atoms with Crippen molar-refractivity contribution in [3.05, 3.63) is 35.4 Å². The summed E-state index contributed by atoms with van der Waals surface area (Å²) in [5, 5.41) is 15.8. The average molecular weight is 303 g/mol. The summed E-state index contributed by atoms with van der Waals surface area (Å²) in [5.41, 5.74) is 1.98. The Bertz CT molecular complexity index is 408. The summed E-state index contributed by atoms with van der Waals surface area (Å²) < 4.78 is 0. The van der Waals surface area contributed by atoms with E-state index in [9.17, 15) is 9.90 Å². The second-order valence-corrected chi connectivity index (χ2v) is 5.47. The van der Waals surface area contributed by atoms with E-state index in [0.717, 1.165) is 22.8 Å².